The molecule has 0 aromatic carbocycles. The molecule has 0 fully saturated rings. The van der Waals surface area contributed by atoms with Crippen LogP contribution >= 0.6 is 7.26 Å². The second-order valence-corrected chi connectivity index (χ2v) is 16.5. The van der Waals surface area contributed by atoms with Crippen LogP contribution in [-0.2, 0) is 0 Å². The summed E-state index contributed by atoms with van der Waals surface area (Å²) in [4.78, 5) is 0. The second kappa shape index (κ2) is 32.1. The van der Waals surface area contributed by atoms with Crippen LogP contribution in [-0.4, -0.2) is 24.6 Å². The van der Waals surface area contributed by atoms with Gasteiger partial charge in [0.25, 0.3) is 0 Å². The Morgan fingerprint density at radius 3 is 0.639 bits per heavy atom. The van der Waals surface area contributed by atoms with Gasteiger partial charge >= 0.3 is 0 Å². The molecule has 0 aromatic heterocycles. The maximum Gasteiger partial charge on any atom is 0.0594 e. The van der Waals surface area contributed by atoms with Gasteiger partial charge in [0.2, 0.25) is 0 Å². The van der Waals surface area contributed by atoms with E-state index in [9.17, 15) is 0 Å². The molecule has 220 valence electrons. The summed E-state index contributed by atoms with van der Waals surface area (Å²) in [6.07, 6.45) is 45.1. The van der Waals surface area contributed by atoms with Crippen molar-refractivity contribution in [3.05, 3.63) is 0 Å². The monoisotopic (exact) mass is 590 g/mol. The van der Waals surface area contributed by atoms with Crippen molar-refractivity contribution < 1.29 is 17.0 Å². The zero-order valence-electron chi connectivity index (χ0n) is 26.0. The van der Waals surface area contributed by atoms with Gasteiger partial charge < -0.3 is 17.0 Å². The summed E-state index contributed by atoms with van der Waals surface area (Å²) in [6, 6.07) is 0. The topological polar surface area (TPSA) is 0 Å². The summed E-state index contributed by atoms with van der Waals surface area (Å²) in [6.45, 7) is 9.42. The highest BCUT2D eigenvalue weighted by atomic mass is 79.9. The summed E-state index contributed by atoms with van der Waals surface area (Å²) in [5.74, 6) is 0. The highest BCUT2D eigenvalue weighted by Gasteiger charge is 2.34. The van der Waals surface area contributed by atoms with E-state index in [1.54, 1.807) is 50.3 Å². The smallest absolute Gasteiger partial charge is 0.0594 e. The molecule has 0 rings (SSSR count). The Kier molecular flexibility index (Phi) is 34.8. The van der Waals surface area contributed by atoms with E-state index < -0.39 is 7.26 Å². The van der Waals surface area contributed by atoms with E-state index in [-0.39, 0.29) is 17.0 Å². The molecule has 0 aliphatic heterocycles. The van der Waals surface area contributed by atoms with Gasteiger partial charge in [-0.1, -0.05) is 143 Å². The number of hydrogen-bond donors (Lipinski definition) is 0. The van der Waals surface area contributed by atoms with Crippen molar-refractivity contribution in [1.29, 1.82) is 0 Å². The van der Waals surface area contributed by atoms with Gasteiger partial charge in [0.15, 0.2) is 0 Å². The first-order valence-electron chi connectivity index (χ1n) is 17.1. The number of unbranched alkanes of at least 4 members (excludes halogenated alkanes) is 22. The van der Waals surface area contributed by atoms with Gasteiger partial charge in [-0.2, -0.15) is 0 Å². The lowest BCUT2D eigenvalue weighted by Crippen LogP contribution is -3.00. The minimum Gasteiger partial charge on any atom is -1.00 e. The lowest BCUT2D eigenvalue weighted by molar-refractivity contribution is -0.00000799. The lowest BCUT2D eigenvalue weighted by Gasteiger charge is -2.28. The zero-order chi connectivity index (χ0) is 25.7. The summed E-state index contributed by atoms with van der Waals surface area (Å²) >= 11 is 0. The van der Waals surface area contributed by atoms with Crippen LogP contribution in [0.2, 0.25) is 0 Å². The minimum atomic E-state index is -0.701. The van der Waals surface area contributed by atoms with Crippen LogP contribution in [0.25, 0.3) is 0 Å². The molecule has 0 spiro atoms. The molecule has 0 aliphatic carbocycles. The molecule has 0 radical (unpaired) electrons. The van der Waals surface area contributed by atoms with Crippen molar-refractivity contribution in [2.45, 2.75) is 195 Å². The first-order chi connectivity index (χ1) is 17.2. The Morgan fingerprint density at radius 1 is 0.250 bits per heavy atom. The van der Waals surface area contributed by atoms with E-state index >= 15 is 0 Å². The SMILES string of the molecule is CCCCCCCCCCCCCCCC[P+](CCCCCC)(CCCCCC)CCCCCC.[Br-]. The van der Waals surface area contributed by atoms with E-state index in [0.717, 1.165) is 0 Å². The Hall–Kier alpha value is 0.910. The molecule has 0 aromatic rings. The highest BCUT2D eigenvalue weighted by Crippen LogP contribution is 2.61. The van der Waals surface area contributed by atoms with Crippen LogP contribution in [0.3, 0.4) is 0 Å². The van der Waals surface area contributed by atoms with E-state index in [2.05, 4.69) is 27.7 Å². The summed E-state index contributed by atoms with van der Waals surface area (Å²) in [5.41, 5.74) is 0. The normalized spacial score (nSPS) is 11.7. The number of halogens is 1. The molecule has 0 aliphatic rings. The molecular weight excluding hydrogens is 519 g/mol. The summed E-state index contributed by atoms with van der Waals surface area (Å²) in [5, 5.41) is 0. The van der Waals surface area contributed by atoms with E-state index in [1.165, 1.54) is 141 Å². The summed E-state index contributed by atoms with van der Waals surface area (Å²) < 4.78 is 0. The van der Waals surface area contributed by atoms with Crippen LogP contribution in [0.1, 0.15) is 195 Å². The highest BCUT2D eigenvalue weighted by molar-refractivity contribution is 7.75. The maximum absolute atomic E-state index is 2.37. The third-order valence-electron chi connectivity index (χ3n) is 8.44. The van der Waals surface area contributed by atoms with Crippen molar-refractivity contribution in [3.63, 3.8) is 0 Å². The quantitative estimate of drug-likeness (QED) is 0.0576. The molecular formula is C34H72BrP. The zero-order valence-corrected chi connectivity index (χ0v) is 28.5. The van der Waals surface area contributed by atoms with Crippen LogP contribution in [0.15, 0.2) is 0 Å². The van der Waals surface area contributed by atoms with E-state index in [0.29, 0.717) is 0 Å². The van der Waals surface area contributed by atoms with Crippen LogP contribution in [0, 0.1) is 0 Å². The van der Waals surface area contributed by atoms with Gasteiger partial charge in [0.1, 0.15) is 0 Å². The third kappa shape index (κ3) is 26.5. The Bertz CT molecular complexity index is 352. The van der Waals surface area contributed by atoms with Gasteiger partial charge in [-0.05, 0) is 51.4 Å². The van der Waals surface area contributed by atoms with Gasteiger partial charge in [-0.3, -0.25) is 0 Å². The van der Waals surface area contributed by atoms with Gasteiger partial charge in [-0.25, -0.2) is 0 Å². The first kappa shape index (κ1) is 39.1. The summed E-state index contributed by atoms with van der Waals surface area (Å²) in [7, 11) is -0.701. The van der Waals surface area contributed by atoms with Gasteiger partial charge in [-0.15, -0.1) is 0 Å². The van der Waals surface area contributed by atoms with Crippen molar-refractivity contribution in [1.82, 2.24) is 0 Å². The molecule has 0 saturated heterocycles. The standard InChI is InChI=1S/C34H72P.BrH/c1-5-9-13-17-18-19-20-21-22-23-24-25-26-30-34-35(31-27-14-10-6-2,32-28-15-11-7-3)33-29-16-12-8-4;/h5-34H2,1-4H3;1H/q+1;/p-1. The van der Waals surface area contributed by atoms with Gasteiger partial charge in [0, 0.05) is 7.26 Å². The Labute approximate surface area is 242 Å². The predicted octanol–water partition coefficient (Wildman–Crippen LogP) is 10.2. The third-order valence-corrected chi connectivity index (χ3v) is 13.5. The lowest BCUT2D eigenvalue weighted by atomic mass is 10.0. The van der Waals surface area contributed by atoms with E-state index in [1.807, 2.05) is 0 Å². The molecule has 0 heterocycles. The number of rotatable bonds is 30. The molecule has 2 heteroatoms. The molecule has 0 atom stereocenters. The molecule has 0 nitrogen and oxygen atoms in total. The van der Waals surface area contributed by atoms with Gasteiger partial charge in [0.05, 0.1) is 24.6 Å². The van der Waals surface area contributed by atoms with Crippen molar-refractivity contribution >= 4 is 7.26 Å². The molecule has 0 saturated carbocycles. The fourth-order valence-corrected chi connectivity index (χ4v) is 10.9. The van der Waals surface area contributed by atoms with Crippen molar-refractivity contribution in [2.75, 3.05) is 24.6 Å². The molecule has 0 N–H and O–H groups in total. The van der Waals surface area contributed by atoms with Crippen molar-refractivity contribution in [2.24, 2.45) is 0 Å². The Balaban J connectivity index is 0. The first-order valence-corrected chi connectivity index (χ1v) is 19.6. The molecule has 0 bridgehead atoms. The fraction of sp³-hybridized carbons (Fsp3) is 1.00. The molecule has 0 amide bonds. The Morgan fingerprint density at radius 2 is 0.417 bits per heavy atom. The fourth-order valence-electron chi connectivity index (χ4n) is 5.93. The average molecular weight is 592 g/mol. The number of hydrogen-bond acceptors (Lipinski definition) is 0. The van der Waals surface area contributed by atoms with Crippen molar-refractivity contribution in [3.8, 4) is 0 Å². The average Bonchev–Trinajstić information content (AvgIpc) is 2.87. The maximum atomic E-state index is 2.37. The van der Waals surface area contributed by atoms with Crippen LogP contribution in [0.4, 0.5) is 0 Å². The predicted molar refractivity (Wildman–Crippen MR) is 169 cm³/mol. The largest absolute Gasteiger partial charge is 1.00 e. The van der Waals surface area contributed by atoms with E-state index in [4.69, 9.17) is 0 Å². The minimum absolute atomic E-state index is 0. The van der Waals surface area contributed by atoms with Crippen LogP contribution in [0.5, 0.6) is 0 Å². The van der Waals surface area contributed by atoms with Crippen LogP contribution < -0.4 is 17.0 Å². The molecule has 36 heavy (non-hydrogen) atoms. The molecule has 0 unspecified atom stereocenters. The second-order valence-electron chi connectivity index (χ2n) is 12.0.